The third kappa shape index (κ3) is 0.924. The van der Waals surface area contributed by atoms with Crippen molar-refractivity contribution in [3.05, 3.63) is 12.0 Å². The predicted octanol–water partition coefficient (Wildman–Crippen LogP) is 0.996. The molecular formula is C4H5ClN2O. The van der Waals surface area contributed by atoms with Crippen molar-refractivity contribution in [2.45, 2.75) is 5.88 Å². The van der Waals surface area contributed by atoms with Crippen molar-refractivity contribution in [2.75, 3.05) is 5.73 Å². The molecule has 8 heavy (non-hydrogen) atoms. The number of rotatable bonds is 1. The maximum Gasteiger partial charge on any atom is 0.292 e. The molecule has 0 aromatic carbocycles. The van der Waals surface area contributed by atoms with Crippen LogP contribution in [0.1, 0.15) is 5.69 Å². The van der Waals surface area contributed by atoms with Gasteiger partial charge in [0.25, 0.3) is 6.01 Å². The van der Waals surface area contributed by atoms with Crippen LogP contribution in [0.2, 0.25) is 0 Å². The summed E-state index contributed by atoms with van der Waals surface area (Å²) in [6, 6.07) is 0.167. The first kappa shape index (κ1) is 5.44. The molecular weight excluding hydrogens is 128 g/mol. The van der Waals surface area contributed by atoms with Crippen LogP contribution in [0.15, 0.2) is 10.7 Å². The molecule has 0 saturated heterocycles. The lowest BCUT2D eigenvalue weighted by atomic mass is 10.6. The fourth-order valence-electron chi connectivity index (χ4n) is 0.384. The molecule has 3 nitrogen and oxygen atoms in total. The molecule has 2 N–H and O–H groups in total. The maximum absolute atomic E-state index is 5.36. The maximum atomic E-state index is 5.36. The molecule has 4 heteroatoms. The van der Waals surface area contributed by atoms with Crippen molar-refractivity contribution in [1.29, 1.82) is 0 Å². The standard InChI is InChI=1S/C4H5ClN2O/c5-1-3-2-8-4(6)7-3/h2H,1H2,(H2,6,7). The molecule has 0 amide bonds. The number of nitrogens with two attached hydrogens (primary N) is 1. The van der Waals surface area contributed by atoms with Gasteiger partial charge in [0.2, 0.25) is 0 Å². The van der Waals surface area contributed by atoms with Crippen LogP contribution in [0.4, 0.5) is 6.01 Å². The number of aromatic nitrogens is 1. The van der Waals surface area contributed by atoms with Crippen LogP contribution in [0.5, 0.6) is 0 Å². The highest BCUT2D eigenvalue weighted by molar-refractivity contribution is 6.16. The van der Waals surface area contributed by atoms with Gasteiger partial charge in [-0.1, -0.05) is 0 Å². The van der Waals surface area contributed by atoms with Crippen LogP contribution in [0.25, 0.3) is 0 Å². The Morgan fingerprint density at radius 2 is 2.62 bits per heavy atom. The quantitative estimate of drug-likeness (QED) is 0.580. The van der Waals surface area contributed by atoms with Gasteiger partial charge in [-0.25, -0.2) is 0 Å². The Balaban J connectivity index is 2.84. The number of oxazole rings is 1. The largest absolute Gasteiger partial charge is 0.432 e. The third-order valence-electron chi connectivity index (χ3n) is 0.706. The van der Waals surface area contributed by atoms with E-state index >= 15 is 0 Å². The van der Waals surface area contributed by atoms with Crippen molar-refractivity contribution in [1.82, 2.24) is 4.98 Å². The van der Waals surface area contributed by atoms with Crippen LogP contribution in [0, 0.1) is 0 Å². The van der Waals surface area contributed by atoms with Crippen LogP contribution in [-0.4, -0.2) is 4.98 Å². The highest BCUT2D eigenvalue weighted by atomic mass is 35.5. The number of halogens is 1. The molecule has 0 aliphatic heterocycles. The molecule has 0 aliphatic carbocycles. The molecule has 0 aliphatic rings. The minimum atomic E-state index is 0.167. The van der Waals surface area contributed by atoms with Gasteiger partial charge in [-0.3, -0.25) is 0 Å². The minimum Gasteiger partial charge on any atom is -0.432 e. The average Bonchev–Trinajstić information content (AvgIpc) is 2.14. The van der Waals surface area contributed by atoms with Gasteiger partial charge in [0.15, 0.2) is 0 Å². The Kier molecular flexibility index (Phi) is 1.39. The highest BCUT2D eigenvalue weighted by Gasteiger charge is 1.94. The number of hydrogen-bond acceptors (Lipinski definition) is 3. The van der Waals surface area contributed by atoms with E-state index in [-0.39, 0.29) is 6.01 Å². The number of nitrogens with zero attached hydrogens (tertiary/aromatic N) is 1. The lowest BCUT2D eigenvalue weighted by molar-refractivity contribution is 0.579. The number of hydrogen-bond donors (Lipinski definition) is 1. The fourth-order valence-corrected chi connectivity index (χ4v) is 0.507. The Labute approximate surface area is 51.5 Å². The van der Waals surface area contributed by atoms with E-state index in [0.29, 0.717) is 11.6 Å². The molecule has 0 spiro atoms. The second kappa shape index (κ2) is 2.05. The molecule has 0 bridgehead atoms. The first-order valence-corrected chi connectivity index (χ1v) is 2.62. The Bertz CT molecular complexity index is 174. The van der Waals surface area contributed by atoms with E-state index < -0.39 is 0 Å². The first-order chi connectivity index (χ1) is 3.83. The second-order valence-corrected chi connectivity index (χ2v) is 1.58. The molecule has 1 aromatic heterocycles. The zero-order valence-corrected chi connectivity index (χ0v) is 4.85. The highest BCUT2D eigenvalue weighted by Crippen LogP contribution is 2.04. The molecule has 0 unspecified atom stereocenters. The van der Waals surface area contributed by atoms with Crippen molar-refractivity contribution in [3.8, 4) is 0 Å². The lowest BCUT2D eigenvalue weighted by Crippen LogP contribution is -1.83. The Morgan fingerprint density at radius 3 is 2.88 bits per heavy atom. The van der Waals surface area contributed by atoms with E-state index in [0.717, 1.165) is 0 Å². The summed E-state index contributed by atoms with van der Waals surface area (Å²) in [6.07, 6.45) is 1.43. The summed E-state index contributed by atoms with van der Waals surface area (Å²) in [5.74, 6) is 0.348. The van der Waals surface area contributed by atoms with Crippen molar-refractivity contribution >= 4 is 17.6 Å². The summed E-state index contributed by atoms with van der Waals surface area (Å²) in [4.78, 5) is 3.71. The summed E-state index contributed by atoms with van der Waals surface area (Å²) in [7, 11) is 0. The zero-order chi connectivity index (χ0) is 5.98. The van der Waals surface area contributed by atoms with Crippen molar-refractivity contribution in [3.63, 3.8) is 0 Å². The third-order valence-corrected chi connectivity index (χ3v) is 0.980. The van der Waals surface area contributed by atoms with Gasteiger partial charge >= 0.3 is 0 Å². The van der Waals surface area contributed by atoms with E-state index in [1.165, 1.54) is 6.26 Å². The van der Waals surface area contributed by atoms with Gasteiger partial charge in [0.05, 0.1) is 11.6 Å². The molecule has 1 rings (SSSR count). The molecule has 0 fully saturated rings. The normalized spacial score (nSPS) is 9.62. The first-order valence-electron chi connectivity index (χ1n) is 2.09. The van der Waals surface area contributed by atoms with E-state index in [4.69, 9.17) is 17.3 Å². The van der Waals surface area contributed by atoms with Gasteiger partial charge < -0.3 is 10.2 Å². The lowest BCUT2D eigenvalue weighted by Gasteiger charge is -1.74. The van der Waals surface area contributed by atoms with Gasteiger partial charge in [-0.15, -0.1) is 11.6 Å². The van der Waals surface area contributed by atoms with Crippen molar-refractivity contribution < 1.29 is 4.42 Å². The summed E-state index contributed by atoms with van der Waals surface area (Å²) in [5, 5.41) is 0. The summed E-state index contributed by atoms with van der Waals surface area (Å²) in [6.45, 7) is 0. The predicted molar refractivity (Wildman–Crippen MR) is 30.5 cm³/mol. The molecule has 0 atom stereocenters. The Hall–Kier alpha value is -0.700. The average molecular weight is 133 g/mol. The summed E-state index contributed by atoms with van der Waals surface area (Å²) >= 11 is 5.36. The zero-order valence-electron chi connectivity index (χ0n) is 4.10. The minimum absolute atomic E-state index is 0.167. The number of alkyl halides is 1. The topological polar surface area (TPSA) is 52.0 Å². The van der Waals surface area contributed by atoms with E-state index in [1.807, 2.05) is 0 Å². The number of nitrogen functional groups attached to an aromatic ring is 1. The van der Waals surface area contributed by atoms with Gasteiger partial charge in [0, 0.05) is 0 Å². The Morgan fingerprint density at radius 1 is 1.88 bits per heavy atom. The molecule has 44 valence electrons. The van der Waals surface area contributed by atoms with Crippen LogP contribution >= 0.6 is 11.6 Å². The summed E-state index contributed by atoms with van der Waals surface area (Å²) in [5.41, 5.74) is 5.79. The van der Waals surface area contributed by atoms with Gasteiger partial charge in [-0.2, -0.15) is 4.98 Å². The van der Waals surface area contributed by atoms with Crippen LogP contribution in [-0.2, 0) is 5.88 Å². The molecule has 0 radical (unpaired) electrons. The van der Waals surface area contributed by atoms with E-state index in [9.17, 15) is 0 Å². The van der Waals surface area contributed by atoms with Crippen molar-refractivity contribution in [2.24, 2.45) is 0 Å². The smallest absolute Gasteiger partial charge is 0.292 e. The molecule has 1 heterocycles. The summed E-state index contributed by atoms with van der Waals surface area (Å²) < 4.78 is 4.64. The van der Waals surface area contributed by atoms with Crippen LogP contribution in [0.3, 0.4) is 0 Å². The molecule has 1 aromatic rings. The van der Waals surface area contributed by atoms with Gasteiger partial charge in [0.1, 0.15) is 6.26 Å². The molecule has 0 saturated carbocycles. The monoisotopic (exact) mass is 132 g/mol. The van der Waals surface area contributed by atoms with E-state index in [2.05, 4.69) is 9.40 Å². The fraction of sp³-hybridized carbons (Fsp3) is 0.250. The number of anilines is 1. The van der Waals surface area contributed by atoms with Crippen LogP contribution < -0.4 is 5.73 Å². The SMILES string of the molecule is Nc1nc(CCl)co1. The van der Waals surface area contributed by atoms with E-state index in [1.54, 1.807) is 0 Å². The van der Waals surface area contributed by atoms with Gasteiger partial charge in [-0.05, 0) is 0 Å². The second-order valence-electron chi connectivity index (χ2n) is 1.31.